The van der Waals surface area contributed by atoms with Crippen LogP contribution in [-0.2, 0) is 11.2 Å². The average molecular weight is 264 g/mol. The van der Waals surface area contributed by atoms with Crippen molar-refractivity contribution in [2.75, 3.05) is 36.5 Å². The van der Waals surface area contributed by atoms with Crippen molar-refractivity contribution in [1.29, 1.82) is 0 Å². The maximum Gasteiger partial charge on any atom is 0.137 e. The summed E-state index contributed by atoms with van der Waals surface area (Å²) in [5.41, 5.74) is 1.21. The van der Waals surface area contributed by atoms with Crippen LogP contribution in [0.3, 0.4) is 0 Å². The van der Waals surface area contributed by atoms with Crippen LogP contribution < -0.4 is 10.2 Å². The first-order chi connectivity index (χ1) is 9.26. The van der Waals surface area contributed by atoms with E-state index in [1.165, 1.54) is 5.56 Å². The van der Waals surface area contributed by atoms with Crippen LogP contribution in [0, 0.1) is 0 Å². The second kappa shape index (κ2) is 6.70. The molecule has 2 rings (SSSR count). The summed E-state index contributed by atoms with van der Waals surface area (Å²) in [6, 6.07) is 0. The summed E-state index contributed by atoms with van der Waals surface area (Å²) in [5, 5.41) is 3.40. The van der Waals surface area contributed by atoms with E-state index in [2.05, 4.69) is 41.0 Å². The summed E-state index contributed by atoms with van der Waals surface area (Å²) in [6.45, 7) is 9.94. The van der Waals surface area contributed by atoms with Crippen LogP contribution in [-0.4, -0.2) is 42.3 Å². The van der Waals surface area contributed by atoms with Crippen molar-refractivity contribution in [2.24, 2.45) is 0 Å². The number of rotatable bonds is 5. The predicted molar refractivity (Wildman–Crippen MR) is 77.8 cm³/mol. The van der Waals surface area contributed by atoms with Gasteiger partial charge in [0.15, 0.2) is 0 Å². The summed E-state index contributed by atoms with van der Waals surface area (Å²) in [5.74, 6) is 2.04. The van der Waals surface area contributed by atoms with Gasteiger partial charge in [-0.2, -0.15) is 0 Å². The molecule has 1 saturated heterocycles. The van der Waals surface area contributed by atoms with Gasteiger partial charge in [0.1, 0.15) is 18.0 Å². The van der Waals surface area contributed by atoms with Gasteiger partial charge in [0, 0.05) is 25.2 Å². The minimum atomic E-state index is 0.264. The van der Waals surface area contributed by atoms with E-state index in [4.69, 9.17) is 4.74 Å². The van der Waals surface area contributed by atoms with E-state index in [1.807, 2.05) is 0 Å². The highest BCUT2D eigenvalue weighted by molar-refractivity contribution is 5.59. The zero-order chi connectivity index (χ0) is 13.7. The topological polar surface area (TPSA) is 50.3 Å². The maximum atomic E-state index is 5.60. The molecule has 0 spiro atoms. The van der Waals surface area contributed by atoms with Gasteiger partial charge in [-0.25, -0.2) is 9.97 Å². The lowest BCUT2D eigenvalue weighted by molar-refractivity contribution is 0.0529. The highest BCUT2D eigenvalue weighted by Gasteiger charge is 2.21. The molecule has 0 aliphatic carbocycles. The van der Waals surface area contributed by atoms with Gasteiger partial charge in [0.2, 0.25) is 0 Å². The summed E-state index contributed by atoms with van der Waals surface area (Å²) < 4.78 is 5.60. The molecule has 0 aromatic carbocycles. The van der Waals surface area contributed by atoms with Crippen LogP contribution in [0.2, 0.25) is 0 Å². The Balaban J connectivity index is 2.23. The van der Waals surface area contributed by atoms with Crippen molar-refractivity contribution in [2.45, 2.75) is 39.7 Å². The third-order valence-corrected chi connectivity index (χ3v) is 3.36. The molecule has 1 aliphatic rings. The fourth-order valence-electron chi connectivity index (χ4n) is 2.41. The minimum Gasteiger partial charge on any atom is -0.375 e. The van der Waals surface area contributed by atoms with E-state index in [0.717, 1.165) is 50.7 Å². The Bertz CT molecular complexity index is 410. The van der Waals surface area contributed by atoms with Gasteiger partial charge in [-0.05, 0) is 19.8 Å². The first kappa shape index (κ1) is 14.1. The van der Waals surface area contributed by atoms with Crippen molar-refractivity contribution < 1.29 is 4.74 Å². The van der Waals surface area contributed by atoms with Crippen LogP contribution in [0.4, 0.5) is 11.6 Å². The molecule has 5 nitrogen and oxygen atoms in total. The molecule has 5 heteroatoms. The van der Waals surface area contributed by atoms with Crippen LogP contribution in [0.5, 0.6) is 0 Å². The summed E-state index contributed by atoms with van der Waals surface area (Å²) >= 11 is 0. The monoisotopic (exact) mass is 264 g/mol. The van der Waals surface area contributed by atoms with E-state index >= 15 is 0 Å². The van der Waals surface area contributed by atoms with Crippen molar-refractivity contribution >= 4 is 11.6 Å². The van der Waals surface area contributed by atoms with Gasteiger partial charge in [-0.3, -0.25) is 0 Å². The lowest BCUT2D eigenvalue weighted by Gasteiger charge is -2.33. The highest BCUT2D eigenvalue weighted by atomic mass is 16.5. The van der Waals surface area contributed by atoms with Gasteiger partial charge >= 0.3 is 0 Å². The van der Waals surface area contributed by atoms with Gasteiger partial charge in [-0.15, -0.1) is 0 Å². The van der Waals surface area contributed by atoms with Crippen LogP contribution in [0.25, 0.3) is 0 Å². The normalized spacial score (nSPS) is 19.5. The molecule has 0 saturated carbocycles. The van der Waals surface area contributed by atoms with Crippen molar-refractivity contribution in [3.8, 4) is 0 Å². The van der Waals surface area contributed by atoms with Crippen molar-refractivity contribution in [3.63, 3.8) is 0 Å². The van der Waals surface area contributed by atoms with Gasteiger partial charge in [0.25, 0.3) is 0 Å². The lowest BCUT2D eigenvalue weighted by atomic mass is 10.2. The molecule has 1 aromatic heterocycles. The molecule has 0 bridgehead atoms. The second-order valence-electron chi connectivity index (χ2n) is 4.93. The molecule has 1 N–H and O–H groups in total. The van der Waals surface area contributed by atoms with Gasteiger partial charge < -0.3 is 15.0 Å². The molecular formula is C14H24N4O. The fraction of sp³-hybridized carbons (Fsp3) is 0.714. The molecule has 1 unspecified atom stereocenters. The Morgan fingerprint density at radius 3 is 2.95 bits per heavy atom. The predicted octanol–water partition coefficient (Wildman–Crippen LogP) is 2.09. The van der Waals surface area contributed by atoms with E-state index in [-0.39, 0.29) is 6.10 Å². The number of morpholine rings is 1. The molecule has 0 radical (unpaired) electrons. The molecule has 106 valence electrons. The van der Waals surface area contributed by atoms with E-state index < -0.39 is 0 Å². The molecule has 1 atom stereocenters. The zero-order valence-electron chi connectivity index (χ0n) is 12.1. The molecule has 19 heavy (non-hydrogen) atoms. The number of nitrogens with zero attached hydrogens (tertiary/aromatic N) is 3. The molecule has 0 amide bonds. The Labute approximate surface area is 115 Å². The highest BCUT2D eigenvalue weighted by Crippen LogP contribution is 2.25. The van der Waals surface area contributed by atoms with E-state index in [9.17, 15) is 0 Å². The summed E-state index contributed by atoms with van der Waals surface area (Å²) in [6.07, 6.45) is 3.96. The molecule has 1 aromatic rings. The molecule has 1 aliphatic heterocycles. The lowest BCUT2D eigenvalue weighted by Crippen LogP contribution is -2.42. The number of hydrogen-bond acceptors (Lipinski definition) is 5. The largest absolute Gasteiger partial charge is 0.375 e. The number of anilines is 2. The fourth-order valence-corrected chi connectivity index (χ4v) is 2.41. The zero-order valence-corrected chi connectivity index (χ0v) is 12.1. The third-order valence-electron chi connectivity index (χ3n) is 3.36. The minimum absolute atomic E-state index is 0.264. The first-order valence-corrected chi connectivity index (χ1v) is 7.20. The SMILES string of the molecule is CCCNc1ncnc(N2CCOC(C)C2)c1CC. The van der Waals surface area contributed by atoms with Crippen molar-refractivity contribution in [1.82, 2.24) is 9.97 Å². The Morgan fingerprint density at radius 1 is 1.42 bits per heavy atom. The first-order valence-electron chi connectivity index (χ1n) is 7.20. The maximum absolute atomic E-state index is 5.60. The van der Waals surface area contributed by atoms with Crippen molar-refractivity contribution in [3.05, 3.63) is 11.9 Å². The van der Waals surface area contributed by atoms with Gasteiger partial charge in [-0.1, -0.05) is 13.8 Å². The van der Waals surface area contributed by atoms with Crippen LogP contribution >= 0.6 is 0 Å². The second-order valence-corrected chi connectivity index (χ2v) is 4.93. The Morgan fingerprint density at radius 2 is 2.26 bits per heavy atom. The average Bonchev–Trinajstić information content (AvgIpc) is 2.44. The smallest absolute Gasteiger partial charge is 0.137 e. The Kier molecular flexibility index (Phi) is 4.96. The molecule has 2 heterocycles. The molecule has 1 fully saturated rings. The summed E-state index contributed by atoms with van der Waals surface area (Å²) in [4.78, 5) is 11.2. The van der Waals surface area contributed by atoms with Crippen LogP contribution in [0.15, 0.2) is 6.33 Å². The number of nitrogens with one attached hydrogen (secondary N) is 1. The van der Waals surface area contributed by atoms with E-state index in [0.29, 0.717) is 0 Å². The summed E-state index contributed by atoms with van der Waals surface area (Å²) in [7, 11) is 0. The molecular weight excluding hydrogens is 240 g/mol. The van der Waals surface area contributed by atoms with Gasteiger partial charge in [0.05, 0.1) is 12.7 Å². The number of hydrogen-bond donors (Lipinski definition) is 1. The van der Waals surface area contributed by atoms with Crippen LogP contribution in [0.1, 0.15) is 32.8 Å². The Hall–Kier alpha value is -1.36. The standard InChI is InChI=1S/C14H24N4O/c1-4-6-15-13-12(5-2)14(17-10-16-13)18-7-8-19-11(3)9-18/h10-11H,4-9H2,1-3H3,(H,15,16,17). The number of aromatic nitrogens is 2. The number of ether oxygens (including phenoxy) is 1. The quantitative estimate of drug-likeness (QED) is 0.882. The third kappa shape index (κ3) is 3.35. The van der Waals surface area contributed by atoms with E-state index in [1.54, 1.807) is 6.33 Å².